The number of hydrogen-bond acceptors (Lipinski definition) is 4. The van der Waals surface area contributed by atoms with Crippen LogP contribution < -0.4 is 5.32 Å². The van der Waals surface area contributed by atoms with E-state index in [4.69, 9.17) is 0 Å². The SMILES string of the molecule is CC1CSC(NC(C)C(=O)N(C)C)=N1. The van der Waals surface area contributed by atoms with Crippen LogP contribution in [0.1, 0.15) is 13.8 Å². The quantitative estimate of drug-likeness (QED) is 0.731. The molecule has 0 radical (unpaired) electrons. The summed E-state index contributed by atoms with van der Waals surface area (Å²) in [6.45, 7) is 3.93. The summed E-state index contributed by atoms with van der Waals surface area (Å²) in [4.78, 5) is 17.5. The third kappa shape index (κ3) is 2.90. The van der Waals surface area contributed by atoms with E-state index in [9.17, 15) is 4.79 Å². The molecule has 4 nitrogen and oxygen atoms in total. The number of carbonyl (C=O) groups excluding carboxylic acids is 1. The van der Waals surface area contributed by atoms with E-state index in [2.05, 4.69) is 17.2 Å². The minimum absolute atomic E-state index is 0.0767. The highest BCUT2D eigenvalue weighted by atomic mass is 32.2. The van der Waals surface area contributed by atoms with Gasteiger partial charge in [0.1, 0.15) is 6.04 Å². The Morgan fingerprint density at radius 3 is 2.79 bits per heavy atom. The number of likely N-dealkylation sites (N-methyl/N-ethyl adjacent to an activating group) is 1. The summed E-state index contributed by atoms with van der Waals surface area (Å²) in [6, 6.07) is 0.172. The van der Waals surface area contributed by atoms with Gasteiger partial charge in [0.2, 0.25) is 5.91 Å². The second kappa shape index (κ2) is 4.68. The van der Waals surface area contributed by atoms with Crippen LogP contribution in [0.25, 0.3) is 0 Å². The lowest BCUT2D eigenvalue weighted by atomic mass is 10.3. The van der Waals surface area contributed by atoms with Gasteiger partial charge in [-0.2, -0.15) is 0 Å². The maximum absolute atomic E-state index is 11.5. The van der Waals surface area contributed by atoms with Crippen molar-refractivity contribution in [2.75, 3.05) is 19.8 Å². The van der Waals surface area contributed by atoms with Crippen molar-refractivity contribution in [3.63, 3.8) is 0 Å². The number of amidine groups is 1. The Morgan fingerprint density at radius 1 is 1.71 bits per heavy atom. The van der Waals surface area contributed by atoms with Gasteiger partial charge in [-0.1, -0.05) is 11.8 Å². The smallest absolute Gasteiger partial charge is 0.244 e. The lowest BCUT2D eigenvalue weighted by Gasteiger charge is -2.18. The van der Waals surface area contributed by atoms with E-state index >= 15 is 0 Å². The van der Waals surface area contributed by atoms with E-state index in [-0.39, 0.29) is 11.9 Å². The molecular weight excluding hydrogens is 198 g/mol. The molecule has 0 aromatic heterocycles. The Kier molecular flexibility index (Phi) is 3.80. The largest absolute Gasteiger partial charge is 0.353 e. The van der Waals surface area contributed by atoms with Gasteiger partial charge in [-0.15, -0.1) is 0 Å². The normalized spacial score (nSPS) is 22.9. The number of thioether (sulfide) groups is 1. The highest BCUT2D eigenvalue weighted by Gasteiger charge is 2.20. The summed E-state index contributed by atoms with van der Waals surface area (Å²) in [5, 5.41) is 4.00. The molecule has 1 aliphatic rings. The Bertz CT molecular complexity index is 252. The average Bonchev–Trinajstić information content (AvgIpc) is 2.49. The van der Waals surface area contributed by atoms with Gasteiger partial charge in [-0.3, -0.25) is 9.79 Å². The van der Waals surface area contributed by atoms with Crippen LogP contribution in [0.15, 0.2) is 4.99 Å². The first kappa shape index (κ1) is 11.4. The highest BCUT2D eigenvalue weighted by Crippen LogP contribution is 2.16. The molecule has 0 fully saturated rings. The molecule has 0 saturated heterocycles. The maximum atomic E-state index is 11.5. The van der Waals surface area contributed by atoms with Crippen LogP contribution in [0.5, 0.6) is 0 Å². The molecule has 5 heteroatoms. The van der Waals surface area contributed by atoms with Gasteiger partial charge in [0.25, 0.3) is 0 Å². The molecule has 2 atom stereocenters. The molecule has 1 amide bonds. The standard InChI is InChI=1S/C9H17N3OS/c1-6-5-14-9(10-6)11-7(2)8(13)12(3)4/h6-7H,5H2,1-4H3,(H,10,11). The highest BCUT2D eigenvalue weighted by molar-refractivity contribution is 8.14. The van der Waals surface area contributed by atoms with Crippen LogP contribution in [0.2, 0.25) is 0 Å². The molecular formula is C9H17N3OS. The second-order valence-electron chi connectivity index (χ2n) is 3.69. The van der Waals surface area contributed by atoms with Crippen molar-refractivity contribution in [2.24, 2.45) is 4.99 Å². The van der Waals surface area contributed by atoms with Gasteiger partial charge >= 0.3 is 0 Å². The minimum atomic E-state index is -0.193. The summed E-state index contributed by atoms with van der Waals surface area (Å²) in [7, 11) is 3.51. The third-order valence-corrected chi connectivity index (χ3v) is 3.10. The molecule has 0 aromatic rings. The van der Waals surface area contributed by atoms with Crippen LogP contribution in [0.4, 0.5) is 0 Å². The number of nitrogens with zero attached hydrogens (tertiary/aromatic N) is 2. The fourth-order valence-electron chi connectivity index (χ4n) is 1.19. The first-order valence-electron chi connectivity index (χ1n) is 4.69. The lowest BCUT2D eigenvalue weighted by Crippen LogP contribution is -2.43. The fourth-order valence-corrected chi connectivity index (χ4v) is 2.18. The Balaban J connectivity index is 2.45. The topological polar surface area (TPSA) is 44.7 Å². The maximum Gasteiger partial charge on any atom is 0.244 e. The summed E-state index contributed by atoms with van der Waals surface area (Å²) < 4.78 is 0. The van der Waals surface area contributed by atoms with Crippen molar-refractivity contribution >= 4 is 22.8 Å². The summed E-state index contributed by atoms with van der Waals surface area (Å²) in [5.41, 5.74) is 0. The molecule has 14 heavy (non-hydrogen) atoms. The number of amides is 1. The molecule has 1 heterocycles. The summed E-state index contributed by atoms with van der Waals surface area (Å²) >= 11 is 1.68. The van der Waals surface area contributed by atoms with E-state index in [1.807, 2.05) is 6.92 Å². The number of hydrogen-bond donors (Lipinski definition) is 1. The predicted octanol–water partition coefficient (Wildman–Crippen LogP) is 0.544. The summed E-state index contributed by atoms with van der Waals surface area (Å²) in [5.74, 6) is 1.08. The second-order valence-corrected chi connectivity index (χ2v) is 4.70. The number of aliphatic imine (C=N–C) groups is 1. The zero-order valence-corrected chi connectivity index (χ0v) is 9.89. The molecule has 0 saturated carbocycles. The number of rotatable bonds is 2. The Morgan fingerprint density at radius 2 is 2.36 bits per heavy atom. The zero-order valence-electron chi connectivity index (χ0n) is 9.07. The summed E-state index contributed by atoms with van der Waals surface area (Å²) in [6.07, 6.45) is 0. The molecule has 0 bridgehead atoms. The van der Waals surface area contributed by atoms with Crippen molar-refractivity contribution in [1.29, 1.82) is 0 Å². The number of carbonyl (C=O) groups is 1. The van der Waals surface area contributed by atoms with Gasteiger partial charge in [0.15, 0.2) is 5.17 Å². The van der Waals surface area contributed by atoms with Crippen molar-refractivity contribution in [2.45, 2.75) is 25.9 Å². The first-order valence-corrected chi connectivity index (χ1v) is 5.67. The Labute approximate surface area is 89.1 Å². The van der Waals surface area contributed by atoms with Gasteiger partial charge in [-0.05, 0) is 13.8 Å². The molecule has 1 rings (SSSR count). The van der Waals surface area contributed by atoms with Crippen LogP contribution in [-0.2, 0) is 4.79 Å². The van der Waals surface area contributed by atoms with E-state index in [0.717, 1.165) is 10.9 Å². The van der Waals surface area contributed by atoms with Crippen LogP contribution in [0.3, 0.4) is 0 Å². The molecule has 0 aliphatic carbocycles. The van der Waals surface area contributed by atoms with Gasteiger partial charge in [-0.25, -0.2) is 0 Å². The van der Waals surface area contributed by atoms with Crippen LogP contribution in [-0.4, -0.2) is 47.9 Å². The Hall–Kier alpha value is -0.710. The van der Waals surface area contributed by atoms with Crippen molar-refractivity contribution < 1.29 is 4.79 Å². The van der Waals surface area contributed by atoms with Crippen LogP contribution >= 0.6 is 11.8 Å². The molecule has 2 unspecified atom stereocenters. The lowest BCUT2D eigenvalue weighted by molar-refractivity contribution is -0.130. The van der Waals surface area contributed by atoms with E-state index in [1.54, 1.807) is 30.8 Å². The molecule has 0 aromatic carbocycles. The van der Waals surface area contributed by atoms with E-state index in [1.165, 1.54) is 0 Å². The van der Waals surface area contributed by atoms with Crippen molar-refractivity contribution in [3.8, 4) is 0 Å². The number of nitrogens with one attached hydrogen (secondary N) is 1. The third-order valence-electron chi connectivity index (χ3n) is 1.95. The van der Waals surface area contributed by atoms with Crippen LogP contribution in [0, 0.1) is 0 Å². The molecule has 80 valence electrons. The van der Waals surface area contributed by atoms with Crippen molar-refractivity contribution in [3.05, 3.63) is 0 Å². The average molecular weight is 215 g/mol. The minimum Gasteiger partial charge on any atom is -0.353 e. The molecule has 1 N–H and O–H groups in total. The van der Waals surface area contributed by atoms with E-state index < -0.39 is 0 Å². The predicted molar refractivity (Wildman–Crippen MR) is 60.6 cm³/mol. The van der Waals surface area contributed by atoms with Crippen molar-refractivity contribution in [1.82, 2.24) is 10.2 Å². The first-order chi connectivity index (χ1) is 6.50. The monoisotopic (exact) mass is 215 g/mol. The van der Waals surface area contributed by atoms with Gasteiger partial charge < -0.3 is 10.2 Å². The zero-order chi connectivity index (χ0) is 10.7. The fraction of sp³-hybridized carbons (Fsp3) is 0.778. The molecule has 0 spiro atoms. The van der Waals surface area contributed by atoms with E-state index in [0.29, 0.717) is 6.04 Å². The van der Waals surface area contributed by atoms with Gasteiger partial charge in [0, 0.05) is 19.8 Å². The van der Waals surface area contributed by atoms with Gasteiger partial charge in [0.05, 0.1) is 6.04 Å². The molecule has 1 aliphatic heterocycles.